The normalized spacial score (nSPS) is 11.4. The van der Waals surface area contributed by atoms with Crippen LogP contribution < -0.4 is 16.2 Å². The molecule has 0 spiro atoms. The molecule has 0 aliphatic carbocycles. The van der Waals surface area contributed by atoms with Crippen molar-refractivity contribution < 1.29 is 18.3 Å². The summed E-state index contributed by atoms with van der Waals surface area (Å²) in [6.07, 6.45) is 0. The number of anilines is 3. The van der Waals surface area contributed by atoms with Gasteiger partial charge in [0.15, 0.2) is 10.8 Å². The minimum atomic E-state index is -3.75. The highest BCUT2D eigenvalue weighted by atomic mass is 32.2. The molecular formula is C13H11N5O4S3. The number of nitrogens with one attached hydrogen (secondary N) is 1. The van der Waals surface area contributed by atoms with Crippen LogP contribution in [0.4, 0.5) is 16.6 Å². The fourth-order valence-electron chi connectivity index (χ4n) is 1.87. The molecule has 3 aromatic rings. The average Bonchev–Trinajstić information content (AvgIpc) is 3.13. The number of carboxylic acids is 1. The molecule has 1 aromatic carbocycles. The number of benzene rings is 1. The van der Waals surface area contributed by atoms with E-state index in [1.165, 1.54) is 28.8 Å². The number of sulfonamides is 1. The number of nitrogen functional groups attached to an aromatic ring is 1. The standard InChI is InChI=1S/C13H11N5O4S3/c14-10-9(11-17-8(5-23-11)12(19)20)24-13(18-10)16-6-1-3-7(4-2-6)25(15,21)22/h1-5H,14H2,(H,16,18)(H,19,20)(H2,15,21,22). The van der Waals surface area contributed by atoms with E-state index in [9.17, 15) is 13.2 Å². The van der Waals surface area contributed by atoms with E-state index in [0.29, 0.717) is 20.7 Å². The topological polar surface area (TPSA) is 161 Å². The SMILES string of the molecule is Nc1nc(Nc2ccc(S(N)(=O)=O)cc2)sc1-c1nc(C(=O)O)cs1. The molecular weight excluding hydrogens is 386 g/mol. The van der Waals surface area contributed by atoms with E-state index in [-0.39, 0.29) is 16.4 Å². The molecule has 130 valence electrons. The van der Waals surface area contributed by atoms with Crippen molar-refractivity contribution in [3.05, 3.63) is 35.3 Å². The van der Waals surface area contributed by atoms with E-state index in [2.05, 4.69) is 15.3 Å². The van der Waals surface area contributed by atoms with Crippen LogP contribution in [-0.2, 0) is 10.0 Å². The van der Waals surface area contributed by atoms with Gasteiger partial charge in [-0.3, -0.25) is 0 Å². The molecule has 0 atom stereocenters. The summed E-state index contributed by atoms with van der Waals surface area (Å²) >= 11 is 2.37. The summed E-state index contributed by atoms with van der Waals surface area (Å²) in [4.78, 5) is 19.6. The molecule has 0 aliphatic heterocycles. The molecule has 0 bridgehead atoms. The summed E-state index contributed by atoms with van der Waals surface area (Å²) < 4.78 is 22.5. The predicted molar refractivity (Wildman–Crippen MR) is 95.7 cm³/mol. The molecule has 25 heavy (non-hydrogen) atoms. The number of nitrogens with two attached hydrogens (primary N) is 2. The Morgan fingerprint density at radius 3 is 2.44 bits per heavy atom. The van der Waals surface area contributed by atoms with Crippen molar-refractivity contribution in [2.75, 3.05) is 11.1 Å². The van der Waals surface area contributed by atoms with Gasteiger partial charge in [0.05, 0.1) is 4.90 Å². The van der Waals surface area contributed by atoms with Gasteiger partial charge < -0.3 is 16.2 Å². The fraction of sp³-hybridized carbons (Fsp3) is 0. The molecule has 2 aromatic heterocycles. The van der Waals surface area contributed by atoms with Crippen LogP contribution in [0.5, 0.6) is 0 Å². The van der Waals surface area contributed by atoms with Gasteiger partial charge in [-0.2, -0.15) is 0 Å². The number of carbonyl (C=O) groups is 1. The summed E-state index contributed by atoms with van der Waals surface area (Å²) in [5.41, 5.74) is 6.42. The van der Waals surface area contributed by atoms with Crippen LogP contribution in [0.2, 0.25) is 0 Å². The Morgan fingerprint density at radius 1 is 1.20 bits per heavy atom. The number of hydrogen-bond acceptors (Lipinski definition) is 9. The van der Waals surface area contributed by atoms with Crippen molar-refractivity contribution >= 4 is 55.3 Å². The smallest absolute Gasteiger partial charge is 0.355 e. The third kappa shape index (κ3) is 3.76. The zero-order valence-corrected chi connectivity index (χ0v) is 14.8. The first-order valence-corrected chi connectivity index (χ1v) is 9.83. The summed E-state index contributed by atoms with van der Waals surface area (Å²) in [6.45, 7) is 0. The minimum absolute atomic E-state index is 0.00128. The summed E-state index contributed by atoms with van der Waals surface area (Å²) in [5.74, 6) is -0.890. The Kier molecular flexibility index (Phi) is 4.43. The summed E-state index contributed by atoms with van der Waals surface area (Å²) in [5, 5.41) is 19.3. The van der Waals surface area contributed by atoms with Gasteiger partial charge in [-0.05, 0) is 24.3 Å². The molecule has 6 N–H and O–H groups in total. The van der Waals surface area contributed by atoms with Crippen molar-refractivity contribution in [1.29, 1.82) is 0 Å². The molecule has 2 heterocycles. The van der Waals surface area contributed by atoms with E-state index >= 15 is 0 Å². The fourth-order valence-corrected chi connectivity index (χ4v) is 4.18. The first kappa shape index (κ1) is 17.3. The van der Waals surface area contributed by atoms with Gasteiger partial charge in [0.1, 0.15) is 15.7 Å². The average molecular weight is 397 g/mol. The van der Waals surface area contributed by atoms with Crippen LogP contribution in [0, 0.1) is 0 Å². The van der Waals surface area contributed by atoms with Crippen molar-refractivity contribution in [1.82, 2.24) is 9.97 Å². The monoisotopic (exact) mass is 397 g/mol. The predicted octanol–water partition coefficient (Wildman–Crippen LogP) is 1.94. The highest BCUT2D eigenvalue weighted by Gasteiger charge is 2.17. The molecule has 0 amide bonds. The molecule has 3 rings (SSSR count). The molecule has 9 nitrogen and oxygen atoms in total. The Balaban J connectivity index is 1.83. The van der Waals surface area contributed by atoms with Crippen LogP contribution in [0.15, 0.2) is 34.5 Å². The zero-order valence-electron chi connectivity index (χ0n) is 12.3. The summed E-state index contributed by atoms with van der Waals surface area (Å²) in [7, 11) is -3.75. The van der Waals surface area contributed by atoms with Gasteiger partial charge in [-0.1, -0.05) is 11.3 Å². The van der Waals surface area contributed by atoms with Gasteiger partial charge in [-0.25, -0.2) is 28.3 Å². The van der Waals surface area contributed by atoms with Gasteiger partial charge in [-0.15, -0.1) is 11.3 Å². The van der Waals surface area contributed by atoms with Gasteiger partial charge >= 0.3 is 5.97 Å². The number of aromatic carboxylic acids is 1. The maximum Gasteiger partial charge on any atom is 0.355 e. The van der Waals surface area contributed by atoms with Crippen LogP contribution in [0.25, 0.3) is 9.88 Å². The van der Waals surface area contributed by atoms with E-state index in [0.717, 1.165) is 11.3 Å². The second-order valence-corrected chi connectivity index (χ2v) is 8.19. The first-order valence-electron chi connectivity index (χ1n) is 6.59. The second kappa shape index (κ2) is 6.40. The summed E-state index contributed by atoms with van der Waals surface area (Å²) in [6, 6.07) is 5.83. The highest BCUT2D eigenvalue weighted by molar-refractivity contribution is 7.89. The van der Waals surface area contributed by atoms with E-state index in [1.807, 2.05) is 0 Å². The Hall–Kier alpha value is -2.54. The van der Waals surface area contributed by atoms with Crippen molar-refractivity contribution in [3.8, 4) is 9.88 Å². The molecule has 0 fully saturated rings. The van der Waals surface area contributed by atoms with E-state index < -0.39 is 16.0 Å². The molecule has 12 heteroatoms. The van der Waals surface area contributed by atoms with Crippen molar-refractivity contribution in [2.24, 2.45) is 5.14 Å². The van der Waals surface area contributed by atoms with Crippen molar-refractivity contribution in [3.63, 3.8) is 0 Å². The quantitative estimate of drug-likeness (QED) is 0.508. The Morgan fingerprint density at radius 2 is 1.88 bits per heavy atom. The van der Waals surface area contributed by atoms with Crippen molar-refractivity contribution in [2.45, 2.75) is 4.90 Å². The van der Waals surface area contributed by atoms with Gasteiger partial charge in [0.2, 0.25) is 10.0 Å². The van der Waals surface area contributed by atoms with Gasteiger partial charge in [0.25, 0.3) is 0 Å². The van der Waals surface area contributed by atoms with Gasteiger partial charge in [0, 0.05) is 11.1 Å². The Bertz CT molecular complexity index is 1040. The molecule has 0 saturated heterocycles. The van der Waals surface area contributed by atoms with Crippen LogP contribution >= 0.6 is 22.7 Å². The molecule has 0 saturated carbocycles. The maximum absolute atomic E-state index is 11.2. The molecule has 0 unspecified atom stereocenters. The number of primary sulfonamides is 1. The number of nitrogens with zero attached hydrogens (tertiary/aromatic N) is 2. The van der Waals surface area contributed by atoms with E-state index in [1.54, 1.807) is 12.1 Å². The lowest BCUT2D eigenvalue weighted by Crippen LogP contribution is -2.11. The minimum Gasteiger partial charge on any atom is -0.476 e. The second-order valence-electron chi connectivity index (χ2n) is 4.77. The van der Waals surface area contributed by atoms with E-state index in [4.69, 9.17) is 16.0 Å². The van der Waals surface area contributed by atoms with Crippen LogP contribution in [-0.4, -0.2) is 29.5 Å². The first-order chi connectivity index (χ1) is 11.7. The lowest BCUT2D eigenvalue weighted by atomic mass is 10.3. The lowest BCUT2D eigenvalue weighted by molar-refractivity contribution is 0.0691. The molecule has 0 aliphatic rings. The van der Waals surface area contributed by atoms with Crippen LogP contribution in [0.3, 0.4) is 0 Å². The number of carboxylic acid groups (broad SMARTS) is 1. The number of aromatic nitrogens is 2. The molecule has 0 radical (unpaired) electrons. The maximum atomic E-state index is 11.2. The number of rotatable bonds is 5. The zero-order chi connectivity index (χ0) is 18.2. The third-order valence-corrected chi connectivity index (χ3v) is 5.92. The Labute approximate surface area is 150 Å². The number of hydrogen-bond donors (Lipinski definition) is 4. The number of thiazole rings is 2. The van der Waals surface area contributed by atoms with Crippen LogP contribution in [0.1, 0.15) is 10.5 Å². The largest absolute Gasteiger partial charge is 0.476 e. The highest BCUT2D eigenvalue weighted by Crippen LogP contribution is 2.37. The lowest BCUT2D eigenvalue weighted by Gasteiger charge is -2.03. The third-order valence-electron chi connectivity index (χ3n) is 3.01.